The van der Waals surface area contributed by atoms with Gasteiger partial charge in [0, 0.05) is 7.11 Å². The summed E-state index contributed by atoms with van der Waals surface area (Å²) in [6.45, 7) is 4.28. The smallest absolute Gasteiger partial charge is 0.170 e. The van der Waals surface area contributed by atoms with Crippen molar-refractivity contribution in [1.29, 1.82) is 0 Å². The predicted molar refractivity (Wildman–Crippen MR) is 32.6 cm³/mol. The molecule has 0 rings (SSSR count). The zero-order valence-electron chi connectivity index (χ0n) is 3.99. The van der Waals surface area contributed by atoms with E-state index in [1.807, 2.05) is 0 Å². The molecule has 40 valence electrons. The maximum absolute atomic E-state index is 4.89. The largest absolute Gasteiger partial charge is 0.424 e. The van der Waals surface area contributed by atoms with E-state index in [2.05, 4.69) is 13.1 Å². The lowest BCUT2D eigenvalue weighted by atomic mass is 11.8. The Hall–Kier alpha value is 0.177. The highest BCUT2D eigenvalue weighted by atomic mass is 28.3. The molecule has 1 nitrogen and oxygen atoms in total. The summed E-state index contributed by atoms with van der Waals surface area (Å²) in [4.78, 5) is 0. The Morgan fingerprint density at radius 3 is 1.50 bits per heavy atom. The molecule has 0 unspecified atom stereocenters. The average molecular weight is 106 g/mol. The van der Waals surface area contributed by atoms with Crippen LogP contribution in [0.5, 0.6) is 0 Å². The van der Waals surface area contributed by atoms with E-state index in [0.29, 0.717) is 0 Å². The van der Waals surface area contributed by atoms with Crippen LogP contribution in [0.2, 0.25) is 13.1 Å². The minimum absolute atomic E-state index is 0. The fourth-order valence-corrected chi connectivity index (χ4v) is 0. The molecule has 0 aromatic heterocycles. The first-order valence-corrected chi connectivity index (χ1v) is 4.58. The maximum atomic E-state index is 4.89. The molecular weight excluding hydrogens is 92.1 g/mol. The van der Waals surface area contributed by atoms with Crippen molar-refractivity contribution in [3.05, 3.63) is 0 Å². The van der Waals surface area contributed by atoms with Crippen molar-refractivity contribution in [3.8, 4) is 0 Å². The SMILES string of the molecule is C.CO[SiH](C)C. The van der Waals surface area contributed by atoms with Gasteiger partial charge in [-0.1, -0.05) is 7.43 Å². The van der Waals surface area contributed by atoms with Gasteiger partial charge in [-0.15, -0.1) is 0 Å². The van der Waals surface area contributed by atoms with Crippen LogP contribution in [0.3, 0.4) is 0 Å². The summed E-state index contributed by atoms with van der Waals surface area (Å²) in [6.07, 6.45) is 0. The van der Waals surface area contributed by atoms with E-state index in [0.717, 1.165) is 0 Å². The van der Waals surface area contributed by atoms with Crippen molar-refractivity contribution >= 4 is 9.04 Å². The van der Waals surface area contributed by atoms with Gasteiger partial charge in [0.05, 0.1) is 0 Å². The highest BCUT2D eigenvalue weighted by Crippen LogP contribution is 1.73. The Bertz CT molecular complexity index is 21.5. The molecule has 0 aliphatic carbocycles. The Labute approximate surface area is 42.1 Å². The van der Waals surface area contributed by atoms with Crippen LogP contribution >= 0.6 is 0 Å². The molecule has 0 bridgehead atoms. The molecule has 0 aromatic rings. The lowest BCUT2D eigenvalue weighted by molar-refractivity contribution is 0.430. The number of rotatable bonds is 1. The highest BCUT2D eigenvalue weighted by molar-refractivity contribution is 6.48. The van der Waals surface area contributed by atoms with E-state index in [1.54, 1.807) is 7.11 Å². The molecule has 0 fully saturated rings. The summed E-state index contributed by atoms with van der Waals surface area (Å²) in [6, 6.07) is 0. The normalized spacial score (nSPS) is 8.00. The van der Waals surface area contributed by atoms with Gasteiger partial charge in [0.15, 0.2) is 9.04 Å². The second-order valence-corrected chi connectivity index (χ2v) is 3.85. The topological polar surface area (TPSA) is 9.23 Å². The van der Waals surface area contributed by atoms with E-state index in [4.69, 9.17) is 4.43 Å². The molecule has 0 aromatic carbocycles. The van der Waals surface area contributed by atoms with Crippen LogP contribution in [0.15, 0.2) is 0 Å². The second kappa shape index (κ2) is 5.18. The van der Waals surface area contributed by atoms with Crippen LogP contribution in [0, 0.1) is 0 Å². The fourth-order valence-electron chi connectivity index (χ4n) is 0. The molecule has 0 saturated carbocycles. The lowest BCUT2D eigenvalue weighted by Crippen LogP contribution is -2.00. The zero-order chi connectivity index (χ0) is 4.28. The molecule has 2 heteroatoms. The molecule has 0 N–H and O–H groups in total. The van der Waals surface area contributed by atoms with Crippen molar-refractivity contribution in [2.45, 2.75) is 20.5 Å². The maximum Gasteiger partial charge on any atom is 0.170 e. The summed E-state index contributed by atoms with van der Waals surface area (Å²) < 4.78 is 4.89. The van der Waals surface area contributed by atoms with E-state index < -0.39 is 9.04 Å². The quantitative estimate of drug-likeness (QED) is 0.457. The van der Waals surface area contributed by atoms with Crippen molar-refractivity contribution in [1.82, 2.24) is 0 Å². The Morgan fingerprint density at radius 1 is 1.33 bits per heavy atom. The molecule has 0 atom stereocenters. The van der Waals surface area contributed by atoms with E-state index >= 15 is 0 Å². The molecule has 6 heavy (non-hydrogen) atoms. The summed E-state index contributed by atoms with van der Waals surface area (Å²) in [5.74, 6) is 0. The summed E-state index contributed by atoms with van der Waals surface area (Å²) >= 11 is 0. The summed E-state index contributed by atoms with van der Waals surface area (Å²) in [5.41, 5.74) is 0. The van der Waals surface area contributed by atoms with Crippen LogP contribution in [0.25, 0.3) is 0 Å². The molecule has 0 amide bonds. The van der Waals surface area contributed by atoms with Gasteiger partial charge in [0.1, 0.15) is 0 Å². The Morgan fingerprint density at radius 2 is 1.50 bits per heavy atom. The third-order valence-corrected chi connectivity index (χ3v) is 1.41. The van der Waals surface area contributed by atoms with Gasteiger partial charge in [0.25, 0.3) is 0 Å². The van der Waals surface area contributed by atoms with E-state index in [1.165, 1.54) is 0 Å². The zero-order valence-corrected chi connectivity index (χ0v) is 5.14. The first-order chi connectivity index (χ1) is 2.27. The fraction of sp³-hybridized carbons (Fsp3) is 1.00. The van der Waals surface area contributed by atoms with Gasteiger partial charge in [-0.25, -0.2) is 0 Å². The lowest BCUT2D eigenvalue weighted by Gasteiger charge is -1.92. The van der Waals surface area contributed by atoms with Crippen LogP contribution < -0.4 is 0 Å². The van der Waals surface area contributed by atoms with Crippen LogP contribution in [-0.2, 0) is 4.43 Å². The van der Waals surface area contributed by atoms with Crippen molar-refractivity contribution in [3.63, 3.8) is 0 Å². The monoisotopic (exact) mass is 106 g/mol. The van der Waals surface area contributed by atoms with Crippen LogP contribution in [0.4, 0.5) is 0 Å². The second-order valence-electron chi connectivity index (χ2n) is 1.28. The Balaban J connectivity index is 0. The molecule has 0 saturated heterocycles. The number of hydrogen-bond acceptors (Lipinski definition) is 1. The third-order valence-electron chi connectivity index (χ3n) is 0.471. The molecule has 0 radical (unpaired) electrons. The van der Waals surface area contributed by atoms with Gasteiger partial charge in [0.2, 0.25) is 0 Å². The Kier molecular flexibility index (Phi) is 8.19. The van der Waals surface area contributed by atoms with Gasteiger partial charge >= 0.3 is 0 Å². The van der Waals surface area contributed by atoms with Gasteiger partial charge < -0.3 is 4.43 Å². The average Bonchev–Trinajstić information content (AvgIpc) is 1.38. The minimum Gasteiger partial charge on any atom is -0.424 e. The molecule has 0 heterocycles. The molecule has 0 spiro atoms. The van der Waals surface area contributed by atoms with Crippen molar-refractivity contribution < 1.29 is 4.43 Å². The molecular formula is C4H14OSi. The summed E-state index contributed by atoms with van der Waals surface area (Å²) in [7, 11) is 1.11. The molecule has 0 aliphatic rings. The first kappa shape index (κ1) is 9.49. The molecule has 0 aliphatic heterocycles. The first-order valence-electron chi connectivity index (χ1n) is 1.80. The standard InChI is InChI=1S/C3H10OSi.CH4/c1-4-5(2)3;/h5H,1-3H3;1H4. The predicted octanol–water partition coefficient (Wildman–Crippen LogP) is 1.25. The van der Waals surface area contributed by atoms with Gasteiger partial charge in [-0.05, 0) is 13.1 Å². The van der Waals surface area contributed by atoms with E-state index in [9.17, 15) is 0 Å². The minimum atomic E-state index is -0.650. The van der Waals surface area contributed by atoms with Gasteiger partial charge in [-0.2, -0.15) is 0 Å². The number of hydrogen-bond donors (Lipinski definition) is 0. The highest BCUT2D eigenvalue weighted by Gasteiger charge is 1.83. The van der Waals surface area contributed by atoms with Crippen molar-refractivity contribution in [2.24, 2.45) is 0 Å². The van der Waals surface area contributed by atoms with Crippen molar-refractivity contribution in [2.75, 3.05) is 7.11 Å². The third kappa shape index (κ3) is 8.90. The van der Waals surface area contributed by atoms with Crippen LogP contribution in [0.1, 0.15) is 7.43 Å². The van der Waals surface area contributed by atoms with E-state index in [-0.39, 0.29) is 7.43 Å². The van der Waals surface area contributed by atoms with Gasteiger partial charge in [-0.3, -0.25) is 0 Å². The summed E-state index contributed by atoms with van der Waals surface area (Å²) in [5, 5.41) is 0. The van der Waals surface area contributed by atoms with Crippen LogP contribution in [-0.4, -0.2) is 16.2 Å².